The maximum atomic E-state index is 13.8. The number of nitrogens with zero attached hydrogens (tertiary/aromatic N) is 7. The van der Waals surface area contributed by atoms with Crippen molar-refractivity contribution in [3.63, 3.8) is 0 Å². The summed E-state index contributed by atoms with van der Waals surface area (Å²) in [5.74, 6) is -0.00959. The molecular formula is C25H25FN8O2. The van der Waals surface area contributed by atoms with E-state index in [4.69, 9.17) is 5.11 Å². The zero-order chi connectivity index (χ0) is 25.1. The number of nitrogens with one attached hydrogen (secondary N) is 1. The number of carbonyl (C=O) groups is 1. The molecule has 0 unspecified atom stereocenters. The largest absolute Gasteiger partial charge is 0.465 e. The molecule has 0 aliphatic carbocycles. The molecule has 1 fully saturated rings. The number of benzene rings is 1. The van der Waals surface area contributed by atoms with Gasteiger partial charge in [0.2, 0.25) is 5.95 Å². The Morgan fingerprint density at radius 1 is 1.11 bits per heavy atom. The van der Waals surface area contributed by atoms with Crippen LogP contribution in [0.2, 0.25) is 0 Å². The molecule has 3 aromatic heterocycles. The highest BCUT2D eigenvalue weighted by Gasteiger charge is 2.20. The highest BCUT2D eigenvalue weighted by molar-refractivity contribution is 5.78. The third kappa shape index (κ3) is 4.95. The van der Waals surface area contributed by atoms with E-state index < -0.39 is 11.9 Å². The number of hydrogen-bond acceptors (Lipinski definition) is 7. The smallest absolute Gasteiger partial charge is 0.407 e. The molecule has 11 heteroatoms. The van der Waals surface area contributed by atoms with Crippen LogP contribution in [0.15, 0.2) is 61.2 Å². The fourth-order valence-electron chi connectivity index (χ4n) is 4.13. The Balaban J connectivity index is 1.34. The first-order chi connectivity index (χ1) is 17.5. The monoisotopic (exact) mass is 488 g/mol. The van der Waals surface area contributed by atoms with Gasteiger partial charge in [-0.3, -0.25) is 9.67 Å². The van der Waals surface area contributed by atoms with Crippen molar-refractivity contribution in [3.05, 3.63) is 67.0 Å². The minimum absolute atomic E-state index is 0.419. The number of pyridine rings is 1. The third-order valence-electron chi connectivity index (χ3n) is 6.03. The lowest BCUT2D eigenvalue weighted by atomic mass is 10.1. The molecule has 0 atom stereocenters. The van der Waals surface area contributed by atoms with E-state index in [0.717, 1.165) is 23.1 Å². The van der Waals surface area contributed by atoms with E-state index >= 15 is 0 Å². The number of carboxylic acid groups (broad SMARTS) is 1. The first-order valence-electron chi connectivity index (χ1n) is 11.6. The summed E-state index contributed by atoms with van der Waals surface area (Å²) in [6, 6.07) is 11.0. The zero-order valence-corrected chi connectivity index (χ0v) is 19.7. The molecule has 0 saturated carbocycles. The molecule has 184 valence electrons. The van der Waals surface area contributed by atoms with E-state index in [9.17, 15) is 9.18 Å². The first-order valence-corrected chi connectivity index (χ1v) is 11.6. The van der Waals surface area contributed by atoms with E-state index in [1.807, 2.05) is 37.4 Å². The summed E-state index contributed by atoms with van der Waals surface area (Å²) < 4.78 is 15.6. The van der Waals surface area contributed by atoms with Crippen LogP contribution >= 0.6 is 0 Å². The lowest BCUT2D eigenvalue weighted by Crippen LogP contribution is -2.48. The van der Waals surface area contributed by atoms with Crippen molar-refractivity contribution in [2.24, 2.45) is 0 Å². The van der Waals surface area contributed by atoms with Crippen molar-refractivity contribution in [2.75, 3.05) is 36.4 Å². The van der Waals surface area contributed by atoms with E-state index in [2.05, 4.69) is 30.3 Å². The molecule has 0 bridgehead atoms. The van der Waals surface area contributed by atoms with Crippen LogP contribution in [-0.4, -0.2) is 67.0 Å². The second-order valence-corrected chi connectivity index (χ2v) is 8.33. The summed E-state index contributed by atoms with van der Waals surface area (Å²) in [6.45, 7) is 4.91. The molecular weight excluding hydrogens is 463 g/mol. The highest BCUT2D eigenvalue weighted by atomic mass is 19.1. The second kappa shape index (κ2) is 9.98. The summed E-state index contributed by atoms with van der Waals surface area (Å²) in [4.78, 5) is 27.7. The van der Waals surface area contributed by atoms with Crippen molar-refractivity contribution in [1.82, 2.24) is 29.6 Å². The van der Waals surface area contributed by atoms with Gasteiger partial charge in [-0.2, -0.15) is 5.10 Å². The van der Waals surface area contributed by atoms with E-state index in [1.165, 1.54) is 11.0 Å². The first kappa shape index (κ1) is 23.2. The lowest BCUT2D eigenvalue weighted by molar-refractivity contribution is 0.142. The molecule has 2 N–H and O–H groups in total. The highest BCUT2D eigenvalue weighted by Crippen LogP contribution is 2.30. The molecule has 36 heavy (non-hydrogen) atoms. The van der Waals surface area contributed by atoms with Crippen LogP contribution in [0.1, 0.15) is 6.92 Å². The second-order valence-electron chi connectivity index (χ2n) is 8.33. The Hall–Kier alpha value is -4.54. The fraction of sp³-hybridized carbons (Fsp3) is 0.240. The standard InChI is InChI=1S/C25H25FN8O2/c1-2-34-16-21(23(31-34)17-13-18(26)15-27-14-17)22-7-8-28-24(30-22)29-19-3-5-20(6-4-19)32-9-11-33(12-10-32)25(35)36/h3-8,13-16H,2,9-12H2,1H3,(H,35,36)(H,28,29,30). The van der Waals surface area contributed by atoms with Crippen LogP contribution in [0.3, 0.4) is 0 Å². The summed E-state index contributed by atoms with van der Waals surface area (Å²) >= 11 is 0. The zero-order valence-electron chi connectivity index (χ0n) is 19.7. The quantitative estimate of drug-likeness (QED) is 0.417. The molecule has 1 amide bonds. The molecule has 1 aliphatic rings. The van der Waals surface area contributed by atoms with Crippen LogP contribution in [0.5, 0.6) is 0 Å². The van der Waals surface area contributed by atoms with Gasteiger partial charge in [0.25, 0.3) is 0 Å². The van der Waals surface area contributed by atoms with Crippen molar-refractivity contribution in [1.29, 1.82) is 0 Å². The SMILES string of the molecule is CCn1cc(-c2ccnc(Nc3ccc(N4CCN(C(=O)O)CC4)cc3)n2)c(-c2cncc(F)c2)n1. The fourth-order valence-corrected chi connectivity index (χ4v) is 4.13. The molecule has 4 heterocycles. The maximum absolute atomic E-state index is 13.8. The molecule has 4 aromatic rings. The topological polar surface area (TPSA) is 112 Å². The summed E-state index contributed by atoms with van der Waals surface area (Å²) in [5.41, 5.74) is 4.43. The number of anilines is 3. The van der Waals surface area contributed by atoms with Crippen LogP contribution in [0, 0.1) is 5.82 Å². The van der Waals surface area contributed by atoms with Gasteiger partial charge in [-0.05, 0) is 43.3 Å². The lowest BCUT2D eigenvalue weighted by Gasteiger charge is -2.34. The van der Waals surface area contributed by atoms with Gasteiger partial charge < -0.3 is 20.2 Å². The maximum Gasteiger partial charge on any atom is 0.407 e. The number of halogens is 1. The van der Waals surface area contributed by atoms with E-state index in [1.54, 1.807) is 23.1 Å². The number of amides is 1. The van der Waals surface area contributed by atoms with E-state index in [0.29, 0.717) is 55.6 Å². The predicted octanol–water partition coefficient (Wildman–Crippen LogP) is 4.10. The van der Waals surface area contributed by atoms with Gasteiger partial charge in [0.05, 0.1) is 11.9 Å². The Morgan fingerprint density at radius 2 is 1.89 bits per heavy atom. The van der Waals surface area contributed by atoms with Crippen molar-refractivity contribution in [2.45, 2.75) is 13.5 Å². The average molecular weight is 489 g/mol. The van der Waals surface area contributed by atoms with Gasteiger partial charge in [-0.15, -0.1) is 0 Å². The Labute approximate surface area is 207 Å². The van der Waals surface area contributed by atoms with Gasteiger partial charge in [0, 0.05) is 73.8 Å². The number of rotatable bonds is 6. The number of aromatic nitrogens is 5. The van der Waals surface area contributed by atoms with Gasteiger partial charge in [-0.1, -0.05) is 0 Å². The normalized spacial score (nSPS) is 13.6. The average Bonchev–Trinajstić information content (AvgIpc) is 3.34. The Kier molecular flexibility index (Phi) is 6.44. The minimum atomic E-state index is -0.877. The van der Waals surface area contributed by atoms with Crippen LogP contribution < -0.4 is 10.2 Å². The third-order valence-corrected chi connectivity index (χ3v) is 6.03. The van der Waals surface area contributed by atoms with Gasteiger partial charge in [0.1, 0.15) is 11.5 Å². The van der Waals surface area contributed by atoms with Crippen LogP contribution in [0.25, 0.3) is 22.5 Å². The van der Waals surface area contributed by atoms with Gasteiger partial charge in [0.15, 0.2) is 0 Å². The summed E-state index contributed by atoms with van der Waals surface area (Å²) in [7, 11) is 0. The summed E-state index contributed by atoms with van der Waals surface area (Å²) in [6.07, 6.45) is 5.41. The van der Waals surface area contributed by atoms with Crippen LogP contribution in [0.4, 0.5) is 26.5 Å². The van der Waals surface area contributed by atoms with Gasteiger partial charge >= 0.3 is 6.09 Å². The van der Waals surface area contributed by atoms with Crippen molar-refractivity contribution < 1.29 is 14.3 Å². The minimum Gasteiger partial charge on any atom is -0.465 e. The molecule has 1 aliphatic heterocycles. The number of hydrogen-bond donors (Lipinski definition) is 2. The van der Waals surface area contributed by atoms with Crippen molar-refractivity contribution in [3.8, 4) is 22.5 Å². The molecule has 1 saturated heterocycles. The predicted molar refractivity (Wildman–Crippen MR) is 134 cm³/mol. The van der Waals surface area contributed by atoms with Gasteiger partial charge in [-0.25, -0.2) is 19.2 Å². The molecule has 0 radical (unpaired) electrons. The summed E-state index contributed by atoms with van der Waals surface area (Å²) in [5, 5.41) is 16.9. The molecule has 10 nitrogen and oxygen atoms in total. The van der Waals surface area contributed by atoms with E-state index in [-0.39, 0.29) is 0 Å². The number of aryl methyl sites for hydroxylation is 1. The molecule has 5 rings (SSSR count). The van der Waals surface area contributed by atoms with Crippen LogP contribution in [-0.2, 0) is 6.54 Å². The Bertz CT molecular complexity index is 1370. The van der Waals surface area contributed by atoms with Crippen molar-refractivity contribution >= 4 is 23.4 Å². The number of piperazine rings is 1. The molecule has 0 spiro atoms. The molecule has 1 aromatic carbocycles. The Morgan fingerprint density at radius 3 is 2.58 bits per heavy atom.